The highest BCUT2D eigenvalue weighted by Crippen LogP contribution is 2.21. The predicted octanol–water partition coefficient (Wildman–Crippen LogP) is 2.04. The third kappa shape index (κ3) is 3.96. The second-order valence-corrected chi connectivity index (χ2v) is 4.47. The van der Waals surface area contributed by atoms with E-state index in [0.717, 1.165) is 0 Å². The number of aromatic nitrogens is 1. The number of anilines is 1. The third-order valence-corrected chi connectivity index (χ3v) is 2.75. The number of amides is 1. The van der Waals surface area contributed by atoms with Crippen LogP contribution in [0.3, 0.4) is 0 Å². The summed E-state index contributed by atoms with van der Waals surface area (Å²) in [6.07, 6.45) is 2.56. The summed E-state index contributed by atoms with van der Waals surface area (Å²) in [5.41, 5.74) is 1.14. The van der Waals surface area contributed by atoms with Gasteiger partial charge in [0.2, 0.25) is 0 Å². The summed E-state index contributed by atoms with van der Waals surface area (Å²) in [5.74, 6) is 4.67. The van der Waals surface area contributed by atoms with Crippen LogP contribution in [0, 0.1) is 11.8 Å². The number of hydrogen-bond donors (Lipinski definition) is 3. The lowest BCUT2D eigenvalue weighted by Gasteiger charge is -2.08. The Morgan fingerprint density at radius 3 is 2.86 bits per heavy atom. The minimum absolute atomic E-state index is 0.103. The first-order chi connectivity index (χ1) is 10.1. The van der Waals surface area contributed by atoms with Crippen LogP contribution in [0.2, 0.25) is 5.02 Å². The molecule has 0 aliphatic heterocycles. The molecule has 1 aromatic heterocycles. The maximum absolute atomic E-state index is 12.1. The smallest absolute Gasteiger partial charge is 0.257 e. The van der Waals surface area contributed by atoms with Gasteiger partial charge in [0.25, 0.3) is 5.91 Å². The molecular weight excluding hydrogens is 292 g/mol. The standard InChI is InChI=1S/C15H11ClN2O3/c16-12-4-3-10(2-1-5-19)14(7-12)18-15(21)11-6-13(20)9-17-8-11/h3-4,6-9,19-20H,5H2,(H,18,21). The van der Waals surface area contributed by atoms with Gasteiger partial charge in [0.05, 0.1) is 17.4 Å². The number of nitrogens with one attached hydrogen (secondary N) is 1. The molecule has 0 fully saturated rings. The predicted molar refractivity (Wildman–Crippen MR) is 79.3 cm³/mol. The van der Waals surface area contributed by atoms with Crippen molar-refractivity contribution in [2.75, 3.05) is 11.9 Å². The van der Waals surface area contributed by atoms with Gasteiger partial charge in [-0.15, -0.1) is 0 Å². The monoisotopic (exact) mass is 302 g/mol. The van der Waals surface area contributed by atoms with E-state index >= 15 is 0 Å². The molecule has 0 unspecified atom stereocenters. The van der Waals surface area contributed by atoms with Crippen molar-refractivity contribution < 1.29 is 15.0 Å². The lowest BCUT2D eigenvalue weighted by atomic mass is 10.1. The molecule has 2 rings (SSSR count). The first-order valence-electron chi connectivity index (χ1n) is 5.95. The Hall–Kier alpha value is -2.55. The average Bonchev–Trinajstić information content (AvgIpc) is 2.46. The van der Waals surface area contributed by atoms with Crippen LogP contribution in [-0.2, 0) is 0 Å². The average molecular weight is 303 g/mol. The van der Waals surface area contributed by atoms with E-state index in [1.807, 2.05) is 0 Å². The van der Waals surface area contributed by atoms with Crippen LogP contribution < -0.4 is 5.32 Å². The molecule has 0 atom stereocenters. The minimum atomic E-state index is -0.451. The normalized spacial score (nSPS) is 9.62. The highest BCUT2D eigenvalue weighted by atomic mass is 35.5. The Morgan fingerprint density at radius 2 is 2.14 bits per heavy atom. The number of aromatic hydroxyl groups is 1. The molecule has 21 heavy (non-hydrogen) atoms. The highest BCUT2D eigenvalue weighted by Gasteiger charge is 2.10. The van der Waals surface area contributed by atoms with Gasteiger partial charge < -0.3 is 15.5 Å². The molecule has 1 aromatic carbocycles. The molecular formula is C15H11ClN2O3. The molecule has 3 N–H and O–H groups in total. The molecule has 0 bridgehead atoms. The van der Waals surface area contributed by atoms with E-state index in [-0.39, 0.29) is 17.9 Å². The quantitative estimate of drug-likeness (QED) is 0.741. The van der Waals surface area contributed by atoms with Crippen LogP contribution in [0.25, 0.3) is 0 Å². The molecule has 0 saturated heterocycles. The van der Waals surface area contributed by atoms with Crippen molar-refractivity contribution in [3.05, 3.63) is 52.8 Å². The van der Waals surface area contributed by atoms with Crippen LogP contribution >= 0.6 is 11.6 Å². The van der Waals surface area contributed by atoms with Gasteiger partial charge in [0.15, 0.2) is 0 Å². The first-order valence-corrected chi connectivity index (χ1v) is 6.32. The number of nitrogens with zero attached hydrogens (tertiary/aromatic N) is 1. The summed E-state index contributed by atoms with van der Waals surface area (Å²) in [7, 11) is 0. The Bertz CT molecular complexity index is 735. The van der Waals surface area contributed by atoms with E-state index in [9.17, 15) is 9.90 Å². The van der Waals surface area contributed by atoms with Crippen molar-refractivity contribution in [1.82, 2.24) is 4.98 Å². The Balaban J connectivity index is 2.30. The number of rotatable bonds is 2. The number of carbonyl (C=O) groups is 1. The summed E-state index contributed by atoms with van der Waals surface area (Å²) in [6, 6.07) is 6.12. The van der Waals surface area contributed by atoms with Gasteiger partial charge in [-0.05, 0) is 24.3 Å². The van der Waals surface area contributed by atoms with Crippen LogP contribution in [-0.4, -0.2) is 27.7 Å². The zero-order valence-corrected chi connectivity index (χ0v) is 11.6. The van der Waals surface area contributed by atoms with Crippen LogP contribution in [0.1, 0.15) is 15.9 Å². The fourth-order valence-corrected chi connectivity index (χ4v) is 1.78. The van der Waals surface area contributed by atoms with Gasteiger partial charge in [0.1, 0.15) is 12.4 Å². The van der Waals surface area contributed by atoms with Gasteiger partial charge in [-0.2, -0.15) is 0 Å². The third-order valence-electron chi connectivity index (χ3n) is 2.52. The molecule has 2 aromatic rings. The van der Waals surface area contributed by atoms with E-state index in [4.69, 9.17) is 16.7 Å². The van der Waals surface area contributed by atoms with Crippen molar-refractivity contribution in [2.45, 2.75) is 0 Å². The number of benzene rings is 1. The minimum Gasteiger partial charge on any atom is -0.506 e. The zero-order chi connectivity index (χ0) is 15.2. The van der Waals surface area contributed by atoms with Gasteiger partial charge in [-0.1, -0.05) is 23.4 Å². The van der Waals surface area contributed by atoms with Gasteiger partial charge in [-0.3, -0.25) is 9.78 Å². The van der Waals surface area contributed by atoms with E-state index in [1.165, 1.54) is 18.5 Å². The number of hydrogen-bond acceptors (Lipinski definition) is 4. The summed E-state index contributed by atoms with van der Waals surface area (Å²) in [5, 5.41) is 21.2. The SMILES string of the molecule is O=C(Nc1cc(Cl)ccc1C#CCO)c1cncc(O)c1. The second-order valence-electron chi connectivity index (χ2n) is 4.04. The van der Waals surface area contributed by atoms with Gasteiger partial charge in [0, 0.05) is 16.8 Å². The van der Waals surface area contributed by atoms with Crippen LogP contribution in [0.5, 0.6) is 5.75 Å². The summed E-state index contributed by atoms with van der Waals surface area (Å²) in [4.78, 5) is 15.8. The summed E-state index contributed by atoms with van der Waals surface area (Å²) < 4.78 is 0. The zero-order valence-electron chi connectivity index (χ0n) is 10.8. The molecule has 0 radical (unpaired) electrons. The van der Waals surface area contributed by atoms with Crippen molar-refractivity contribution in [1.29, 1.82) is 0 Å². The summed E-state index contributed by atoms with van der Waals surface area (Å²) in [6.45, 7) is -0.285. The molecule has 1 heterocycles. The Labute approximate surface area is 126 Å². The van der Waals surface area contributed by atoms with Crippen molar-refractivity contribution in [2.24, 2.45) is 0 Å². The maximum atomic E-state index is 12.1. The highest BCUT2D eigenvalue weighted by molar-refractivity contribution is 6.31. The fraction of sp³-hybridized carbons (Fsp3) is 0.0667. The first kappa shape index (κ1) is 14.9. The molecule has 0 aliphatic rings. The second kappa shape index (κ2) is 6.75. The summed E-state index contributed by atoms with van der Waals surface area (Å²) >= 11 is 5.90. The maximum Gasteiger partial charge on any atom is 0.257 e. The van der Waals surface area contributed by atoms with Gasteiger partial charge in [-0.25, -0.2) is 0 Å². The molecule has 0 saturated carbocycles. The Kier molecular flexibility index (Phi) is 4.77. The van der Waals surface area contributed by atoms with E-state index < -0.39 is 5.91 Å². The topological polar surface area (TPSA) is 82.5 Å². The number of pyridine rings is 1. The number of halogens is 1. The number of carbonyl (C=O) groups excluding carboxylic acids is 1. The van der Waals surface area contributed by atoms with E-state index in [1.54, 1.807) is 18.2 Å². The van der Waals surface area contributed by atoms with Crippen LogP contribution in [0.15, 0.2) is 36.7 Å². The molecule has 106 valence electrons. The van der Waals surface area contributed by atoms with Crippen LogP contribution in [0.4, 0.5) is 5.69 Å². The van der Waals surface area contributed by atoms with Crippen molar-refractivity contribution in [3.63, 3.8) is 0 Å². The molecule has 1 amide bonds. The molecule has 0 aliphatic carbocycles. The fourth-order valence-electron chi connectivity index (χ4n) is 1.61. The van der Waals surface area contributed by atoms with Crippen molar-refractivity contribution in [3.8, 4) is 17.6 Å². The lowest BCUT2D eigenvalue weighted by molar-refractivity contribution is 0.102. The van der Waals surface area contributed by atoms with Gasteiger partial charge >= 0.3 is 0 Å². The lowest BCUT2D eigenvalue weighted by Crippen LogP contribution is -2.13. The molecule has 0 spiro atoms. The number of aliphatic hydroxyl groups excluding tert-OH is 1. The Morgan fingerprint density at radius 1 is 1.33 bits per heavy atom. The van der Waals surface area contributed by atoms with E-state index in [0.29, 0.717) is 16.3 Å². The largest absolute Gasteiger partial charge is 0.506 e. The molecule has 5 nitrogen and oxygen atoms in total. The van der Waals surface area contributed by atoms with E-state index in [2.05, 4.69) is 22.1 Å². The number of aliphatic hydroxyl groups is 1. The molecule has 6 heteroatoms. The van der Waals surface area contributed by atoms with Crippen molar-refractivity contribution >= 4 is 23.2 Å².